The Hall–Kier alpha value is -1.81. The number of aryl methyl sites for hydroxylation is 1. The molecule has 1 saturated carbocycles. The van der Waals surface area contributed by atoms with Gasteiger partial charge in [-0.25, -0.2) is 13.6 Å². The molecule has 8 nitrogen and oxygen atoms in total. The van der Waals surface area contributed by atoms with Crippen molar-refractivity contribution in [2.45, 2.75) is 89.3 Å². The summed E-state index contributed by atoms with van der Waals surface area (Å²) in [6.07, 6.45) is 0.0529. The summed E-state index contributed by atoms with van der Waals surface area (Å²) in [6, 6.07) is -0.000837. The predicted octanol–water partition coefficient (Wildman–Crippen LogP) is 3.45. The van der Waals surface area contributed by atoms with Gasteiger partial charge in [0.2, 0.25) is 5.89 Å². The molecule has 33 heavy (non-hydrogen) atoms. The van der Waals surface area contributed by atoms with Crippen LogP contribution in [0.4, 0.5) is 13.6 Å². The SMILES string of the molecule is Cc1nc(C2(C)CCN(C(=O)O[C@@H]3[C@@H](N4CCN(C(C)C)CC4)CCCC3(F)F)CC2)no1. The largest absolute Gasteiger partial charge is 0.438 e. The Bertz CT molecular complexity index is 817. The van der Waals surface area contributed by atoms with Crippen LogP contribution in [-0.2, 0) is 10.2 Å². The molecule has 1 aromatic rings. The molecular weight excluding hydrogens is 432 g/mol. The number of amides is 1. The van der Waals surface area contributed by atoms with E-state index in [1.807, 2.05) is 6.92 Å². The molecule has 0 spiro atoms. The smallest absolute Gasteiger partial charge is 0.410 e. The number of carbonyl (C=O) groups excluding carboxylic acids is 1. The van der Waals surface area contributed by atoms with Gasteiger partial charge in [-0.1, -0.05) is 12.1 Å². The first-order chi connectivity index (χ1) is 15.6. The van der Waals surface area contributed by atoms with Crippen LogP contribution in [0, 0.1) is 6.92 Å². The van der Waals surface area contributed by atoms with Crippen LogP contribution in [0.25, 0.3) is 0 Å². The van der Waals surface area contributed by atoms with Crippen LogP contribution in [0.1, 0.15) is 64.6 Å². The second-order valence-corrected chi connectivity index (χ2v) is 10.4. The maximum atomic E-state index is 15.0. The summed E-state index contributed by atoms with van der Waals surface area (Å²) >= 11 is 0. The number of likely N-dealkylation sites (tertiary alicyclic amines) is 1. The van der Waals surface area contributed by atoms with E-state index in [0.29, 0.717) is 56.5 Å². The third-order valence-corrected chi connectivity index (χ3v) is 7.74. The minimum absolute atomic E-state index is 0.233. The van der Waals surface area contributed by atoms with E-state index < -0.39 is 24.2 Å². The first-order valence-corrected chi connectivity index (χ1v) is 12.2. The molecule has 2 saturated heterocycles. The second kappa shape index (κ2) is 9.44. The number of nitrogens with zero attached hydrogens (tertiary/aromatic N) is 5. The first-order valence-electron chi connectivity index (χ1n) is 12.2. The van der Waals surface area contributed by atoms with Crippen molar-refractivity contribution in [3.05, 3.63) is 11.7 Å². The zero-order valence-corrected chi connectivity index (χ0v) is 20.2. The van der Waals surface area contributed by atoms with Gasteiger partial charge in [0.15, 0.2) is 11.9 Å². The van der Waals surface area contributed by atoms with Gasteiger partial charge in [-0.2, -0.15) is 4.98 Å². The molecular formula is C23H37F2N5O3. The quantitative estimate of drug-likeness (QED) is 0.669. The van der Waals surface area contributed by atoms with E-state index in [1.54, 1.807) is 11.8 Å². The molecule has 10 heteroatoms. The molecule has 0 bridgehead atoms. The fourth-order valence-corrected chi connectivity index (χ4v) is 5.38. The van der Waals surface area contributed by atoms with Gasteiger partial charge >= 0.3 is 6.09 Å². The topological polar surface area (TPSA) is 74.9 Å². The zero-order valence-electron chi connectivity index (χ0n) is 20.2. The summed E-state index contributed by atoms with van der Waals surface area (Å²) in [5.41, 5.74) is -0.304. The number of aromatic nitrogens is 2. The predicted molar refractivity (Wildman–Crippen MR) is 118 cm³/mol. The number of ether oxygens (including phenoxy) is 1. The van der Waals surface area contributed by atoms with E-state index in [9.17, 15) is 13.6 Å². The Kier molecular flexibility index (Phi) is 6.96. The summed E-state index contributed by atoms with van der Waals surface area (Å²) in [5.74, 6) is -1.87. The molecule has 0 radical (unpaired) electrons. The lowest BCUT2D eigenvalue weighted by molar-refractivity contribution is -0.170. The van der Waals surface area contributed by atoms with E-state index in [1.165, 1.54) is 0 Å². The first kappa shape index (κ1) is 24.3. The fraction of sp³-hybridized carbons (Fsp3) is 0.870. The number of rotatable bonds is 4. The van der Waals surface area contributed by atoms with Gasteiger partial charge < -0.3 is 14.2 Å². The van der Waals surface area contributed by atoms with Gasteiger partial charge in [0, 0.05) is 64.1 Å². The Morgan fingerprint density at radius 3 is 2.36 bits per heavy atom. The molecule has 2 atom stereocenters. The van der Waals surface area contributed by atoms with E-state index in [-0.39, 0.29) is 11.8 Å². The van der Waals surface area contributed by atoms with Crippen LogP contribution < -0.4 is 0 Å². The molecule has 0 N–H and O–H groups in total. The van der Waals surface area contributed by atoms with Gasteiger partial charge in [0.05, 0.1) is 6.04 Å². The van der Waals surface area contributed by atoms with Crippen LogP contribution in [0.2, 0.25) is 0 Å². The summed E-state index contributed by atoms with van der Waals surface area (Å²) in [7, 11) is 0. The van der Waals surface area contributed by atoms with Crippen LogP contribution in [0.3, 0.4) is 0 Å². The Balaban J connectivity index is 1.38. The van der Waals surface area contributed by atoms with E-state index in [0.717, 1.165) is 26.2 Å². The summed E-state index contributed by atoms with van der Waals surface area (Å²) in [5, 5.41) is 4.04. The Morgan fingerprint density at radius 2 is 1.79 bits per heavy atom. The maximum Gasteiger partial charge on any atom is 0.410 e. The van der Waals surface area contributed by atoms with Crippen molar-refractivity contribution in [1.82, 2.24) is 24.8 Å². The van der Waals surface area contributed by atoms with Crippen LogP contribution in [-0.4, -0.2) is 94.3 Å². The Morgan fingerprint density at radius 1 is 1.12 bits per heavy atom. The molecule has 1 aromatic heterocycles. The molecule has 186 valence electrons. The normalized spacial score (nSPS) is 28.8. The van der Waals surface area contributed by atoms with Crippen molar-refractivity contribution >= 4 is 6.09 Å². The number of halogens is 2. The molecule has 4 rings (SSSR count). The minimum Gasteiger partial charge on any atom is -0.438 e. The van der Waals surface area contributed by atoms with Gasteiger partial charge in [-0.3, -0.25) is 9.80 Å². The zero-order chi connectivity index (χ0) is 23.8. The van der Waals surface area contributed by atoms with Gasteiger partial charge in [0.25, 0.3) is 5.92 Å². The second-order valence-electron chi connectivity index (χ2n) is 10.4. The van der Waals surface area contributed by atoms with Gasteiger partial charge in [-0.05, 0) is 39.5 Å². The van der Waals surface area contributed by atoms with Crippen molar-refractivity contribution in [1.29, 1.82) is 0 Å². The van der Waals surface area contributed by atoms with Crippen LogP contribution in [0.15, 0.2) is 4.52 Å². The maximum absolute atomic E-state index is 15.0. The average Bonchev–Trinajstić information content (AvgIpc) is 3.22. The lowest BCUT2D eigenvalue weighted by Crippen LogP contribution is -2.61. The summed E-state index contributed by atoms with van der Waals surface area (Å²) in [4.78, 5) is 23.3. The van der Waals surface area contributed by atoms with Crippen LogP contribution in [0.5, 0.6) is 0 Å². The van der Waals surface area contributed by atoms with Gasteiger partial charge in [0.1, 0.15) is 0 Å². The number of piperazine rings is 1. The lowest BCUT2D eigenvalue weighted by atomic mass is 9.80. The fourth-order valence-electron chi connectivity index (χ4n) is 5.38. The summed E-state index contributed by atoms with van der Waals surface area (Å²) < 4.78 is 40.7. The number of hydrogen-bond acceptors (Lipinski definition) is 7. The van der Waals surface area contributed by atoms with Crippen LogP contribution >= 0.6 is 0 Å². The van der Waals surface area contributed by atoms with E-state index in [4.69, 9.17) is 9.26 Å². The molecule has 3 heterocycles. The van der Waals surface area contributed by atoms with Crippen molar-refractivity contribution in [2.24, 2.45) is 0 Å². The third kappa shape index (κ3) is 5.16. The highest BCUT2D eigenvalue weighted by atomic mass is 19.3. The van der Waals surface area contributed by atoms with E-state index >= 15 is 0 Å². The molecule has 0 unspecified atom stereocenters. The monoisotopic (exact) mass is 469 g/mol. The Labute approximate surface area is 194 Å². The number of alkyl halides is 2. The molecule has 3 fully saturated rings. The third-order valence-electron chi connectivity index (χ3n) is 7.74. The number of piperidine rings is 1. The average molecular weight is 470 g/mol. The molecule has 3 aliphatic rings. The summed E-state index contributed by atoms with van der Waals surface area (Å²) in [6.45, 7) is 12.1. The van der Waals surface area contributed by atoms with Crippen molar-refractivity contribution in [2.75, 3.05) is 39.3 Å². The number of hydrogen-bond donors (Lipinski definition) is 0. The van der Waals surface area contributed by atoms with Crippen molar-refractivity contribution in [3.63, 3.8) is 0 Å². The van der Waals surface area contributed by atoms with Crippen molar-refractivity contribution < 1.29 is 22.8 Å². The molecule has 1 amide bonds. The van der Waals surface area contributed by atoms with E-state index in [2.05, 4.69) is 33.8 Å². The highest BCUT2D eigenvalue weighted by Gasteiger charge is 2.52. The van der Waals surface area contributed by atoms with Crippen molar-refractivity contribution in [3.8, 4) is 0 Å². The lowest BCUT2D eigenvalue weighted by Gasteiger charge is -2.47. The van der Waals surface area contributed by atoms with Gasteiger partial charge in [-0.15, -0.1) is 0 Å². The molecule has 0 aromatic carbocycles. The number of carbonyl (C=O) groups is 1. The standard InChI is InChI=1S/C23H37F2N5O3/c1-16(2)28-12-14-29(15-13-28)18-6-5-7-23(24,25)19(18)32-21(31)30-10-8-22(4,9-11-30)20-26-17(3)33-27-20/h16,18-19H,5-15H2,1-4H3/t18-,19+/m0/s1. The molecule has 2 aliphatic heterocycles. The highest BCUT2D eigenvalue weighted by molar-refractivity contribution is 5.68. The minimum atomic E-state index is -3.01. The highest BCUT2D eigenvalue weighted by Crippen LogP contribution is 2.39. The molecule has 1 aliphatic carbocycles.